The Hall–Kier alpha value is -2.81. The zero-order chi connectivity index (χ0) is 18.7. The minimum Gasteiger partial charge on any atom is -0.252 e. The number of benzene rings is 2. The minimum atomic E-state index is 0.802. The first-order valence-corrected chi connectivity index (χ1v) is 8.96. The topological polar surface area (TPSA) is 37.1 Å². The highest BCUT2D eigenvalue weighted by Crippen LogP contribution is 2.25. The van der Waals surface area contributed by atoms with E-state index in [1.807, 2.05) is 32.0 Å². The summed E-state index contributed by atoms with van der Waals surface area (Å²) in [6.45, 7) is 10.3. The van der Waals surface area contributed by atoms with Crippen LogP contribution in [-0.2, 0) is 0 Å². The number of hydrogen-bond donors (Lipinski definition) is 0. The maximum Gasteiger partial charge on any atom is 0.0810 e. The maximum atomic E-state index is 4.83. The highest BCUT2D eigenvalue weighted by molar-refractivity contribution is 6.43. The van der Waals surface area contributed by atoms with Gasteiger partial charge in [-0.1, -0.05) is 42.5 Å². The molecule has 1 aliphatic heterocycles. The van der Waals surface area contributed by atoms with E-state index in [-0.39, 0.29) is 0 Å². The molecule has 0 aromatic heterocycles. The van der Waals surface area contributed by atoms with Crippen molar-refractivity contribution < 1.29 is 0 Å². The Kier molecular flexibility index (Phi) is 5.27. The molecular weight excluding hydrogens is 318 g/mol. The second-order valence-corrected chi connectivity index (χ2v) is 6.77. The molecule has 0 atom stereocenters. The van der Waals surface area contributed by atoms with E-state index in [0.717, 1.165) is 40.6 Å². The van der Waals surface area contributed by atoms with Gasteiger partial charge in [-0.05, 0) is 57.4 Å². The molecule has 0 amide bonds. The summed E-state index contributed by atoms with van der Waals surface area (Å²) >= 11 is 0. The Morgan fingerprint density at radius 3 is 2.15 bits per heavy atom. The summed E-state index contributed by atoms with van der Waals surface area (Å²) in [4.78, 5) is 14.4. The second kappa shape index (κ2) is 7.61. The molecule has 3 rings (SSSR count). The van der Waals surface area contributed by atoms with Crippen molar-refractivity contribution in [1.82, 2.24) is 0 Å². The molecule has 2 aromatic carbocycles. The molecule has 0 saturated heterocycles. The molecule has 0 spiro atoms. The number of allylic oxidation sites excluding steroid dienone is 2. The molecule has 0 radical (unpaired) electrons. The third-order valence-corrected chi connectivity index (χ3v) is 4.66. The summed E-state index contributed by atoms with van der Waals surface area (Å²) in [7, 11) is 0. The summed E-state index contributed by atoms with van der Waals surface area (Å²) in [5.74, 6) is 0. The molecule has 0 aliphatic carbocycles. The number of rotatable bonds is 4. The van der Waals surface area contributed by atoms with Gasteiger partial charge in [0.2, 0.25) is 0 Å². The molecule has 26 heavy (non-hydrogen) atoms. The van der Waals surface area contributed by atoms with E-state index >= 15 is 0 Å². The largest absolute Gasteiger partial charge is 0.252 e. The lowest BCUT2D eigenvalue weighted by atomic mass is 10.1. The summed E-state index contributed by atoms with van der Waals surface area (Å²) in [6, 6.07) is 14.4. The zero-order valence-corrected chi connectivity index (χ0v) is 16.2. The lowest BCUT2D eigenvalue weighted by Gasteiger charge is -2.06. The van der Waals surface area contributed by atoms with Gasteiger partial charge in [0.15, 0.2) is 0 Å². The third-order valence-electron chi connectivity index (χ3n) is 4.66. The van der Waals surface area contributed by atoms with Crippen LogP contribution >= 0.6 is 0 Å². The van der Waals surface area contributed by atoms with Crippen LogP contribution in [0.2, 0.25) is 0 Å². The van der Waals surface area contributed by atoms with Crippen LogP contribution in [0.25, 0.3) is 0 Å². The van der Waals surface area contributed by atoms with Gasteiger partial charge in [-0.25, -0.2) is 4.99 Å². The van der Waals surface area contributed by atoms with Gasteiger partial charge in [0.05, 0.1) is 34.2 Å². The third kappa shape index (κ3) is 3.88. The fourth-order valence-corrected chi connectivity index (χ4v) is 3.03. The van der Waals surface area contributed by atoms with Crippen LogP contribution in [0.5, 0.6) is 0 Å². The average molecular weight is 343 g/mol. The van der Waals surface area contributed by atoms with E-state index in [2.05, 4.69) is 51.1 Å². The molecule has 0 saturated carbocycles. The Bertz CT molecular complexity index is 939. The predicted molar refractivity (Wildman–Crippen MR) is 113 cm³/mol. The fourth-order valence-electron chi connectivity index (χ4n) is 3.03. The number of aliphatic imine (C=N–C) groups is 3. The SMILES string of the molecule is CC(=Nc1c(C)cccc1C)C1=CCC(C(C)=Nc2ccccc2C)=N1. The lowest BCUT2D eigenvalue weighted by molar-refractivity contribution is 1.31. The van der Waals surface area contributed by atoms with Crippen molar-refractivity contribution >= 4 is 28.5 Å². The van der Waals surface area contributed by atoms with E-state index in [9.17, 15) is 0 Å². The van der Waals surface area contributed by atoms with Crippen molar-refractivity contribution in [3.8, 4) is 0 Å². The van der Waals surface area contributed by atoms with Crippen molar-refractivity contribution in [2.75, 3.05) is 0 Å². The van der Waals surface area contributed by atoms with Crippen LogP contribution in [0.1, 0.15) is 37.0 Å². The molecule has 0 fully saturated rings. The van der Waals surface area contributed by atoms with Crippen LogP contribution in [0.15, 0.2) is 69.2 Å². The van der Waals surface area contributed by atoms with Gasteiger partial charge in [0, 0.05) is 6.42 Å². The van der Waals surface area contributed by atoms with Crippen molar-refractivity contribution in [2.24, 2.45) is 15.0 Å². The van der Waals surface area contributed by atoms with Crippen LogP contribution in [0, 0.1) is 20.8 Å². The average Bonchev–Trinajstić information content (AvgIpc) is 3.10. The van der Waals surface area contributed by atoms with Gasteiger partial charge >= 0.3 is 0 Å². The summed E-state index contributed by atoms with van der Waals surface area (Å²) in [5, 5.41) is 0. The molecule has 1 heterocycles. The van der Waals surface area contributed by atoms with Gasteiger partial charge in [-0.15, -0.1) is 0 Å². The normalized spacial score (nSPS) is 15.1. The fraction of sp³-hybridized carbons (Fsp3) is 0.261. The predicted octanol–water partition coefficient (Wildman–Crippen LogP) is 6.23. The monoisotopic (exact) mass is 343 g/mol. The maximum absolute atomic E-state index is 4.83. The molecule has 0 bridgehead atoms. The van der Waals surface area contributed by atoms with Gasteiger partial charge in [-0.2, -0.15) is 0 Å². The quantitative estimate of drug-likeness (QED) is 0.591. The first-order chi connectivity index (χ1) is 12.5. The Balaban J connectivity index is 1.85. The summed E-state index contributed by atoms with van der Waals surface area (Å²) < 4.78 is 0. The van der Waals surface area contributed by atoms with Gasteiger partial charge < -0.3 is 0 Å². The second-order valence-electron chi connectivity index (χ2n) is 6.77. The van der Waals surface area contributed by atoms with Crippen molar-refractivity contribution in [2.45, 2.75) is 41.0 Å². The zero-order valence-electron chi connectivity index (χ0n) is 16.2. The summed E-state index contributed by atoms with van der Waals surface area (Å²) in [6.07, 6.45) is 2.94. The van der Waals surface area contributed by atoms with Crippen LogP contribution in [0.3, 0.4) is 0 Å². The summed E-state index contributed by atoms with van der Waals surface area (Å²) in [5.41, 5.74) is 9.45. The van der Waals surface area contributed by atoms with Gasteiger partial charge in [0.1, 0.15) is 0 Å². The minimum absolute atomic E-state index is 0.802. The molecular formula is C23H25N3. The van der Waals surface area contributed by atoms with Crippen molar-refractivity contribution in [3.63, 3.8) is 0 Å². The molecule has 3 nitrogen and oxygen atoms in total. The van der Waals surface area contributed by atoms with Crippen LogP contribution in [0.4, 0.5) is 11.4 Å². The van der Waals surface area contributed by atoms with Crippen molar-refractivity contribution in [3.05, 3.63) is 70.9 Å². The molecule has 132 valence electrons. The van der Waals surface area contributed by atoms with Crippen LogP contribution < -0.4 is 0 Å². The van der Waals surface area contributed by atoms with E-state index < -0.39 is 0 Å². The first-order valence-electron chi connectivity index (χ1n) is 8.96. The van der Waals surface area contributed by atoms with Crippen molar-refractivity contribution in [1.29, 1.82) is 0 Å². The highest BCUT2D eigenvalue weighted by Gasteiger charge is 2.14. The molecule has 0 unspecified atom stereocenters. The molecule has 3 heteroatoms. The lowest BCUT2D eigenvalue weighted by Crippen LogP contribution is -2.07. The van der Waals surface area contributed by atoms with E-state index in [1.54, 1.807) is 0 Å². The standard InChI is InChI=1S/C23H25N3/c1-15-9-6-7-12-20(15)24-18(4)21-13-14-22(26-21)19(5)25-23-16(2)10-8-11-17(23)3/h6-12,14H,13H2,1-5H3. The number of para-hydroxylation sites is 2. The van der Waals surface area contributed by atoms with E-state index in [1.165, 1.54) is 16.7 Å². The first kappa shape index (κ1) is 18.0. The Morgan fingerprint density at radius 1 is 0.808 bits per heavy atom. The van der Waals surface area contributed by atoms with E-state index in [0.29, 0.717) is 0 Å². The van der Waals surface area contributed by atoms with Gasteiger partial charge in [0.25, 0.3) is 0 Å². The number of nitrogens with zero attached hydrogens (tertiary/aromatic N) is 3. The number of aryl methyl sites for hydroxylation is 3. The Labute approximate surface area is 155 Å². The molecule has 2 aromatic rings. The van der Waals surface area contributed by atoms with Gasteiger partial charge in [-0.3, -0.25) is 9.98 Å². The Morgan fingerprint density at radius 2 is 1.46 bits per heavy atom. The highest BCUT2D eigenvalue weighted by atomic mass is 14.9. The smallest absolute Gasteiger partial charge is 0.0810 e. The number of hydrogen-bond acceptors (Lipinski definition) is 3. The van der Waals surface area contributed by atoms with Crippen LogP contribution in [-0.4, -0.2) is 17.1 Å². The van der Waals surface area contributed by atoms with E-state index in [4.69, 9.17) is 15.0 Å². The molecule has 0 N–H and O–H groups in total. The molecule has 1 aliphatic rings.